The lowest BCUT2D eigenvalue weighted by Crippen LogP contribution is -1.98. The van der Waals surface area contributed by atoms with Crippen molar-refractivity contribution in [3.8, 4) is 12.3 Å². The van der Waals surface area contributed by atoms with Crippen molar-refractivity contribution < 1.29 is 0 Å². The van der Waals surface area contributed by atoms with Gasteiger partial charge in [-0.2, -0.15) is 0 Å². The van der Waals surface area contributed by atoms with Gasteiger partial charge in [-0.05, 0) is 12.5 Å². The van der Waals surface area contributed by atoms with Gasteiger partial charge in [0.2, 0.25) is 0 Å². The summed E-state index contributed by atoms with van der Waals surface area (Å²) in [6, 6.07) is 0. The molecule has 0 bridgehead atoms. The van der Waals surface area contributed by atoms with Gasteiger partial charge in [0.1, 0.15) is 0 Å². The van der Waals surface area contributed by atoms with Crippen LogP contribution in [-0.2, 0) is 0 Å². The van der Waals surface area contributed by atoms with Crippen molar-refractivity contribution in [1.82, 2.24) is 0 Å². The van der Waals surface area contributed by atoms with E-state index in [1.807, 2.05) is 6.92 Å². The van der Waals surface area contributed by atoms with E-state index in [9.17, 15) is 0 Å². The van der Waals surface area contributed by atoms with Gasteiger partial charge in [0.05, 0.1) is 5.70 Å². The molecule has 0 fully saturated rings. The Bertz CT molecular complexity index is 182. The molecule has 2 heteroatoms. The zero-order valence-corrected chi connectivity index (χ0v) is 5.68. The summed E-state index contributed by atoms with van der Waals surface area (Å²) in [7, 11) is 1.67. The van der Waals surface area contributed by atoms with Gasteiger partial charge in [0.15, 0.2) is 0 Å². The normalized spacial score (nSPS) is 13.0. The molecule has 0 aliphatic carbocycles. The van der Waals surface area contributed by atoms with E-state index in [0.717, 1.165) is 5.57 Å². The monoisotopic (exact) mass is 122 g/mol. The maximum atomic E-state index is 5.35. The Kier molecular flexibility index (Phi) is 3.22. The van der Waals surface area contributed by atoms with E-state index < -0.39 is 0 Å². The van der Waals surface area contributed by atoms with Gasteiger partial charge in [-0.25, -0.2) is 0 Å². The molecule has 0 heterocycles. The molecule has 48 valence electrons. The summed E-state index contributed by atoms with van der Waals surface area (Å²) in [5.41, 5.74) is 6.63. The number of allylic oxidation sites excluding steroid dienone is 2. The Balaban J connectivity index is 4.34. The molecule has 0 unspecified atom stereocenters. The second kappa shape index (κ2) is 3.73. The number of nitrogens with zero attached hydrogens (tertiary/aromatic N) is 1. The first kappa shape index (κ1) is 7.77. The summed E-state index contributed by atoms with van der Waals surface area (Å²) in [5.74, 6) is 2.32. The minimum absolute atomic E-state index is 0.445. The molecule has 0 aliphatic rings. The largest absolute Gasteiger partial charge is 0.392 e. The molecule has 2 nitrogen and oxygen atoms in total. The van der Waals surface area contributed by atoms with Crippen molar-refractivity contribution in [3.05, 3.63) is 11.3 Å². The van der Waals surface area contributed by atoms with Crippen LogP contribution in [0.15, 0.2) is 16.3 Å². The summed E-state index contributed by atoms with van der Waals surface area (Å²) >= 11 is 0. The zero-order valence-electron chi connectivity index (χ0n) is 5.68. The van der Waals surface area contributed by atoms with Gasteiger partial charge in [-0.1, -0.05) is 5.92 Å². The first-order chi connectivity index (χ1) is 4.22. The number of rotatable bonds is 1. The summed E-state index contributed by atoms with van der Waals surface area (Å²) in [5, 5.41) is 0. The lowest BCUT2D eigenvalue weighted by molar-refractivity contribution is 1.37. The van der Waals surface area contributed by atoms with E-state index in [1.165, 1.54) is 0 Å². The molecule has 0 saturated heterocycles. The van der Waals surface area contributed by atoms with Crippen LogP contribution in [0.2, 0.25) is 0 Å². The smallest absolute Gasteiger partial charge is 0.0869 e. The van der Waals surface area contributed by atoms with Crippen LogP contribution in [0, 0.1) is 12.3 Å². The molecule has 0 amide bonds. The number of nitrogens with two attached hydrogens (primary N) is 1. The molecule has 0 spiro atoms. The van der Waals surface area contributed by atoms with Crippen LogP contribution >= 0.6 is 0 Å². The third kappa shape index (κ3) is 2.55. The van der Waals surface area contributed by atoms with Crippen molar-refractivity contribution in [1.29, 1.82) is 0 Å². The predicted molar refractivity (Wildman–Crippen MR) is 40.1 cm³/mol. The van der Waals surface area contributed by atoms with Gasteiger partial charge in [0, 0.05) is 13.3 Å². The maximum Gasteiger partial charge on any atom is 0.0869 e. The van der Waals surface area contributed by atoms with Crippen LogP contribution in [0.3, 0.4) is 0 Å². The quantitative estimate of drug-likeness (QED) is 0.400. The van der Waals surface area contributed by atoms with Crippen molar-refractivity contribution in [2.45, 2.75) is 6.92 Å². The van der Waals surface area contributed by atoms with Crippen LogP contribution in [0.25, 0.3) is 0 Å². The topological polar surface area (TPSA) is 38.4 Å². The van der Waals surface area contributed by atoms with Crippen molar-refractivity contribution >= 4 is 6.21 Å². The SMILES string of the molecule is C#CC(N)=C(C)C=NC. The van der Waals surface area contributed by atoms with E-state index in [4.69, 9.17) is 12.2 Å². The van der Waals surface area contributed by atoms with Crippen molar-refractivity contribution in [3.63, 3.8) is 0 Å². The Morgan fingerprint density at radius 3 is 2.67 bits per heavy atom. The van der Waals surface area contributed by atoms with Gasteiger partial charge in [0.25, 0.3) is 0 Å². The fraction of sp³-hybridized carbons (Fsp3) is 0.286. The molecule has 0 aliphatic heterocycles. The zero-order chi connectivity index (χ0) is 7.28. The van der Waals surface area contributed by atoms with Crippen LogP contribution in [0.1, 0.15) is 6.92 Å². The maximum absolute atomic E-state index is 5.35. The van der Waals surface area contributed by atoms with Crippen LogP contribution in [-0.4, -0.2) is 13.3 Å². The molecule has 0 rings (SSSR count). The van der Waals surface area contributed by atoms with Crippen molar-refractivity contribution in [2.24, 2.45) is 10.7 Å². The van der Waals surface area contributed by atoms with Crippen LogP contribution < -0.4 is 5.73 Å². The Morgan fingerprint density at radius 1 is 1.78 bits per heavy atom. The average molecular weight is 122 g/mol. The highest BCUT2D eigenvalue weighted by molar-refractivity contribution is 5.79. The second-order valence-corrected chi connectivity index (χ2v) is 1.63. The van der Waals surface area contributed by atoms with E-state index in [-0.39, 0.29) is 0 Å². The molecule has 0 saturated carbocycles. The molecule has 0 aromatic rings. The second-order valence-electron chi connectivity index (χ2n) is 1.63. The number of hydrogen-bond acceptors (Lipinski definition) is 2. The van der Waals surface area contributed by atoms with E-state index in [1.54, 1.807) is 13.3 Å². The van der Waals surface area contributed by atoms with Crippen LogP contribution in [0.4, 0.5) is 0 Å². The van der Waals surface area contributed by atoms with Gasteiger partial charge < -0.3 is 5.73 Å². The highest BCUT2D eigenvalue weighted by Crippen LogP contribution is 1.90. The van der Waals surface area contributed by atoms with E-state index in [2.05, 4.69) is 10.9 Å². The summed E-state index contributed by atoms with van der Waals surface area (Å²) in [6.07, 6.45) is 6.64. The molecule has 0 aromatic carbocycles. The molecule has 2 N–H and O–H groups in total. The number of aliphatic imine (C=N–C) groups is 1. The van der Waals surface area contributed by atoms with Crippen molar-refractivity contribution in [2.75, 3.05) is 7.05 Å². The first-order valence-corrected chi connectivity index (χ1v) is 2.57. The highest BCUT2D eigenvalue weighted by Gasteiger charge is 1.86. The van der Waals surface area contributed by atoms with Crippen LogP contribution in [0.5, 0.6) is 0 Å². The third-order valence-corrected chi connectivity index (χ3v) is 0.903. The fourth-order valence-corrected chi connectivity index (χ4v) is 0.377. The lowest BCUT2D eigenvalue weighted by Gasteiger charge is -1.90. The van der Waals surface area contributed by atoms with Gasteiger partial charge in [-0.3, -0.25) is 4.99 Å². The molecular weight excluding hydrogens is 112 g/mol. The third-order valence-electron chi connectivity index (χ3n) is 0.903. The minimum atomic E-state index is 0.445. The Morgan fingerprint density at radius 2 is 2.33 bits per heavy atom. The number of hydrogen-bond donors (Lipinski definition) is 1. The predicted octanol–water partition coefficient (Wildman–Crippen LogP) is 0.553. The molecule has 9 heavy (non-hydrogen) atoms. The highest BCUT2D eigenvalue weighted by atomic mass is 14.6. The first-order valence-electron chi connectivity index (χ1n) is 2.57. The fourth-order valence-electron chi connectivity index (χ4n) is 0.377. The van der Waals surface area contributed by atoms with E-state index in [0.29, 0.717) is 5.70 Å². The summed E-state index contributed by atoms with van der Waals surface area (Å²) in [6.45, 7) is 1.82. The van der Waals surface area contributed by atoms with E-state index >= 15 is 0 Å². The average Bonchev–Trinajstić information content (AvgIpc) is 1.87. The summed E-state index contributed by atoms with van der Waals surface area (Å²) < 4.78 is 0. The Hall–Kier alpha value is -1.23. The minimum Gasteiger partial charge on any atom is -0.392 e. The molecular formula is C7H10N2. The molecule has 0 atom stereocenters. The summed E-state index contributed by atoms with van der Waals surface area (Å²) in [4.78, 5) is 3.75. The molecule has 0 radical (unpaired) electrons. The van der Waals surface area contributed by atoms with Gasteiger partial charge in [-0.15, -0.1) is 6.42 Å². The molecule has 0 aromatic heterocycles. The number of terminal acetylenes is 1. The van der Waals surface area contributed by atoms with Gasteiger partial charge >= 0.3 is 0 Å². The standard InChI is InChI=1S/C7H10N2/c1-4-7(8)6(2)5-9-3/h1,5H,8H2,2-3H3. The lowest BCUT2D eigenvalue weighted by atomic mass is 10.2. The Labute approximate surface area is 55.5 Å².